The van der Waals surface area contributed by atoms with Crippen LogP contribution in [0.25, 0.3) is 0 Å². The molecule has 1 aliphatic rings. The van der Waals surface area contributed by atoms with E-state index >= 15 is 0 Å². The smallest absolute Gasteiger partial charge is 0.293 e. The summed E-state index contributed by atoms with van der Waals surface area (Å²) in [5.41, 5.74) is -0.157. The van der Waals surface area contributed by atoms with Crippen LogP contribution in [0.15, 0.2) is 23.1 Å². The van der Waals surface area contributed by atoms with Crippen molar-refractivity contribution >= 4 is 27.3 Å². The number of nitro benzene ring substituents is 1. The molecule has 1 N–H and O–H groups in total. The summed E-state index contributed by atoms with van der Waals surface area (Å²) >= 11 is 0. The molecule has 0 atom stereocenters. The van der Waals surface area contributed by atoms with E-state index in [2.05, 4.69) is 5.32 Å². The third-order valence-corrected chi connectivity index (χ3v) is 6.06. The van der Waals surface area contributed by atoms with Gasteiger partial charge in [-0.25, -0.2) is 8.42 Å². The van der Waals surface area contributed by atoms with Crippen LogP contribution in [0, 0.1) is 10.1 Å². The molecule has 1 aliphatic heterocycles. The Morgan fingerprint density at radius 1 is 1.32 bits per heavy atom. The SMILES string of the molecule is CNC(=O)CN(C)c1ccc(S(=O)(=O)N2CCCCC2)cc1[N+](=O)[O-]. The Morgan fingerprint density at radius 2 is 1.96 bits per heavy atom. The summed E-state index contributed by atoms with van der Waals surface area (Å²) in [5.74, 6) is -0.304. The molecule has 1 aromatic rings. The highest BCUT2D eigenvalue weighted by Crippen LogP contribution is 2.31. The van der Waals surface area contributed by atoms with Crippen LogP contribution in [0.1, 0.15) is 19.3 Å². The summed E-state index contributed by atoms with van der Waals surface area (Å²) in [7, 11) is -0.748. The van der Waals surface area contributed by atoms with Crippen molar-refractivity contribution < 1.29 is 18.1 Å². The van der Waals surface area contributed by atoms with Crippen molar-refractivity contribution in [2.75, 3.05) is 38.6 Å². The molecular formula is C15H22N4O5S. The molecule has 10 heteroatoms. The first-order valence-corrected chi connectivity index (χ1v) is 9.41. The highest BCUT2D eigenvalue weighted by atomic mass is 32.2. The molecule has 9 nitrogen and oxygen atoms in total. The number of carbonyl (C=O) groups is 1. The number of likely N-dealkylation sites (N-methyl/N-ethyl adjacent to an activating group) is 2. The average Bonchev–Trinajstić information content (AvgIpc) is 2.61. The van der Waals surface area contributed by atoms with Gasteiger partial charge in [-0.05, 0) is 25.0 Å². The third kappa shape index (κ3) is 4.26. The van der Waals surface area contributed by atoms with Gasteiger partial charge in [0.05, 0.1) is 16.4 Å². The molecule has 0 spiro atoms. The summed E-state index contributed by atoms with van der Waals surface area (Å²) < 4.78 is 26.8. The monoisotopic (exact) mass is 370 g/mol. The Hall–Kier alpha value is -2.20. The number of nitro groups is 1. The van der Waals surface area contributed by atoms with Crippen LogP contribution in [-0.4, -0.2) is 57.3 Å². The van der Waals surface area contributed by atoms with Crippen molar-refractivity contribution in [3.63, 3.8) is 0 Å². The van der Waals surface area contributed by atoms with Gasteiger partial charge in [0.1, 0.15) is 5.69 Å². The minimum absolute atomic E-state index is 0.0738. The molecule has 0 aliphatic carbocycles. The fraction of sp³-hybridized carbons (Fsp3) is 0.533. The van der Waals surface area contributed by atoms with E-state index < -0.39 is 14.9 Å². The Bertz CT molecular complexity index is 759. The van der Waals surface area contributed by atoms with E-state index in [0.717, 1.165) is 25.3 Å². The van der Waals surface area contributed by atoms with E-state index in [9.17, 15) is 23.3 Å². The van der Waals surface area contributed by atoms with Crippen molar-refractivity contribution in [1.82, 2.24) is 9.62 Å². The zero-order chi connectivity index (χ0) is 18.6. The number of anilines is 1. The molecule has 1 heterocycles. The molecule has 1 amide bonds. The van der Waals surface area contributed by atoms with E-state index in [1.54, 1.807) is 0 Å². The maximum absolute atomic E-state index is 12.7. The second kappa shape index (κ2) is 7.79. The fourth-order valence-corrected chi connectivity index (χ4v) is 4.30. The Balaban J connectivity index is 2.38. The van der Waals surface area contributed by atoms with Crippen molar-refractivity contribution in [1.29, 1.82) is 0 Å². The minimum Gasteiger partial charge on any atom is -0.360 e. The molecule has 1 saturated heterocycles. The minimum atomic E-state index is -3.76. The van der Waals surface area contributed by atoms with Gasteiger partial charge in [-0.15, -0.1) is 0 Å². The molecule has 2 rings (SSSR count). The number of amides is 1. The van der Waals surface area contributed by atoms with Crippen LogP contribution in [-0.2, 0) is 14.8 Å². The number of hydrogen-bond acceptors (Lipinski definition) is 6. The summed E-state index contributed by atoms with van der Waals surface area (Å²) in [4.78, 5) is 23.6. The van der Waals surface area contributed by atoms with Crippen molar-refractivity contribution in [3.05, 3.63) is 28.3 Å². The first-order chi connectivity index (χ1) is 11.8. The quantitative estimate of drug-likeness (QED) is 0.589. The number of piperidine rings is 1. The van der Waals surface area contributed by atoms with Crippen LogP contribution < -0.4 is 10.2 Å². The first kappa shape index (κ1) is 19.1. The zero-order valence-corrected chi connectivity index (χ0v) is 15.1. The van der Waals surface area contributed by atoms with Gasteiger partial charge in [-0.2, -0.15) is 4.31 Å². The van der Waals surface area contributed by atoms with Gasteiger partial charge in [-0.3, -0.25) is 14.9 Å². The number of benzene rings is 1. The second-order valence-corrected chi connectivity index (χ2v) is 7.84. The lowest BCUT2D eigenvalue weighted by Gasteiger charge is -2.26. The third-order valence-electron chi connectivity index (χ3n) is 4.17. The van der Waals surface area contributed by atoms with Gasteiger partial charge in [-0.1, -0.05) is 6.42 Å². The number of sulfonamides is 1. The molecule has 0 unspecified atom stereocenters. The normalized spacial score (nSPS) is 15.6. The Labute approximate surface area is 146 Å². The van der Waals surface area contributed by atoms with E-state index in [1.165, 1.54) is 35.4 Å². The molecule has 0 radical (unpaired) electrons. The highest BCUT2D eigenvalue weighted by molar-refractivity contribution is 7.89. The number of nitrogens with one attached hydrogen (secondary N) is 1. The van der Waals surface area contributed by atoms with E-state index in [0.29, 0.717) is 13.1 Å². The topological polar surface area (TPSA) is 113 Å². The molecule has 0 bridgehead atoms. The van der Waals surface area contributed by atoms with Gasteiger partial charge in [0.2, 0.25) is 15.9 Å². The Morgan fingerprint density at radius 3 is 2.52 bits per heavy atom. The largest absolute Gasteiger partial charge is 0.360 e. The van der Waals surface area contributed by atoms with Crippen LogP contribution in [0.2, 0.25) is 0 Å². The van der Waals surface area contributed by atoms with Gasteiger partial charge in [0, 0.05) is 33.3 Å². The molecule has 25 heavy (non-hydrogen) atoms. The molecule has 1 aromatic carbocycles. The van der Waals surface area contributed by atoms with Crippen molar-refractivity contribution in [3.8, 4) is 0 Å². The number of rotatable bonds is 6. The number of nitrogens with zero attached hydrogens (tertiary/aromatic N) is 3. The molecule has 1 fully saturated rings. The van der Waals surface area contributed by atoms with E-state index in [1.807, 2.05) is 0 Å². The second-order valence-electron chi connectivity index (χ2n) is 5.90. The lowest BCUT2D eigenvalue weighted by Crippen LogP contribution is -2.36. The lowest BCUT2D eigenvalue weighted by atomic mass is 10.2. The fourth-order valence-electron chi connectivity index (χ4n) is 2.77. The van der Waals surface area contributed by atoms with E-state index in [-0.39, 0.29) is 28.7 Å². The van der Waals surface area contributed by atoms with Gasteiger partial charge in [0.25, 0.3) is 5.69 Å². The van der Waals surface area contributed by atoms with Gasteiger partial charge < -0.3 is 10.2 Å². The molecular weight excluding hydrogens is 348 g/mol. The van der Waals surface area contributed by atoms with Crippen molar-refractivity contribution in [2.45, 2.75) is 24.2 Å². The van der Waals surface area contributed by atoms with Crippen LogP contribution in [0.3, 0.4) is 0 Å². The van der Waals surface area contributed by atoms with Crippen molar-refractivity contribution in [2.24, 2.45) is 0 Å². The number of hydrogen-bond donors (Lipinski definition) is 1. The summed E-state index contributed by atoms with van der Waals surface area (Å²) in [6, 6.07) is 3.80. The summed E-state index contributed by atoms with van der Waals surface area (Å²) in [6.45, 7) is 0.776. The van der Waals surface area contributed by atoms with Crippen LogP contribution in [0.5, 0.6) is 0 Å². The first-order valence-electron chi connectivity index (χ1n) is 7.97. The standard InChI is InChI=1S/C15H22N4O5S/c1-16-15(20)11-17(2)13-7-6-12(10-14(13)19(21)22)25(23,24)18-8-4-3-5-9-18/h6-7,10H,3-5,8-9,11H2,1-2H3,(H,16,20). The summed E-state index contributed by atoms with van der Waals surface area (Å²) in [5, 5.41) is 13.8. The molecule has 138 valence electrons. The Kier molecular flexibility index (Phi) is 5.96. The average molecular weight is 370 g/mol. The highest BCUT2D eigenvalue weighted by Gasteiger charge is 2.29. The predicted octanol–water partition coefficient (Wildman–Crippen LogP) is 0.952. The van der Waals surface area contributed by atoms with Crippen LogP contribution >= 0.6 is 0 Å². The summed E-state index contributed by atoms with van der Waals surface area (Å²) in [6.07, 6.45) is 2.55. The predicted molar refractivity (Wildman–Crippen MR) is 93.0 cm³/mol. The van der Waals surface area contributed by atoms with Gasteiger partial charge in [0.15, 0.2) is 0 Å². The maximum atomic E-state index is 12.7. The molecule has 0 saturated carbocycles. The van der Waals surface area contributed by atoms with Gasteiger partial charge >= 0.3 is 0 Å². The lowest BCUT2D eigenvalue weighted by molar-refractivity contribution is -0.384. The van der Waals surface area contributed by atoms with Crippen LogP contribution in [0.4, 0.5) is 11.4 Å². The molecule has 0 aromatic heterocycles. The number of carbonyl (C=O) groups excluding carboxylic acids is 1. The zero-order valence-electron chi connectivity index (χ0n) is 14.3. The maximum Gasteiger partial charge on any atom is 0.293 e. The van der Waals surface area contributed by atoms with E-state index in [4.69, 9.17) is 0 Å².